The molecule has 0 fully saturated rings. The zero-order valence-electron chi connectivity index (χ0n) is 8.29. The summed E-state index contributed by atoms with van der Waals surface area (Å²) in [6.45, 7) is 4.02. The van der Waals surface area contributed by atoms with Gasteiger partial charge in [-0.25, -0.2) is 0 Å². The van der Waals surface area contributed by atoms with E-state index in [1.807, 2.05) is 13.8 Å². The Balaban J connectivity index is 3.25. The molecule has 0 aliphatic carbocycles. The quantitative estimate of drug-likeness (QED) is 0.813. The molecule has 74 valence electrons. The molecule has 0 unspecified atom stereocenters. The van der Waals surface area contributed by atoms with Crippen molar-refractivity contribution in [1.29, 1.82) is 5.26 Å². The van der Waals surface area contributed by atoms with E-state index in [0.29, 0.717) is 10.6 Å². The van der Waals surface area contributed by atoms with Crippen LogP contribution in [0.2, 0.25) is 5.02 Å². The predicted octanol–water partition coefficient (Wildman–Crippen LogP) is 2.87. The molecule has 0 aromatic heterocycles. The lowest BCUT2D eigenvalue weighted by atomic mass is 9.93. The summed E-state index contributed by atoms with van der Waals surface area (Å²) < 4.78 is 0. The fourth-order valence-corrected chi connectivity index (χ4v) is 1.61. The zero-order chi connectivity index (χ0) is 10.7. The highest BCUT2D eigenvalue weighted by molar-refractivity contribution is 6.31. The average Bonchev–Trinajstić information content (AvgIpc) is 2.16. The number of nitrogens with zero attached hydrogens (tertiary/aromatic N) is 1. The highest BCUT2D eigenvalue weighted by Gasteiger charge is 2.17. The molecule has 0 aliphatic heterocycles. The number of rotatable bonds is 2. The third-order valence-electron chi connectivity index (χ3n) is 2.22. The maximum absolute atomic E-state index is 8.91. The Morgan fingerprint density at radius 3 is 2.57 bits per heavy atom. The molecule has 14 heavy (non-hydrogen) atoms. The molecular weight excluding hydrogens is 196 g/mol. The zero-order valence-corrected chi connectivity index (χ0v) is 9.05. The highest BCUT2D eigenvalue weighted by Crippen LogP contribution is 2.29. The monoisotopic (exact) mass is 208 g/mol. The van der Waals surface area contributed by atoms with Crippen LogP contribution in [-0.2, 0) is 0 Å². The van der Waals surface area contributed by atoms with Crippen LogP contribution < -0.4 is 5.73 Å². The van der Waals surface area contributed by atoms with Crippen LogP contribution in [0.5, 0.6) is 0 Å². The average molecular weight is 209 g/mol. The number of benzene rings is 1. The van der Waals surface area contributed by atoms with Crippen LogP contribution in [0.3, 0.4) is 0 Å². The van der Waals surface area contributed by atoms with Crippen molar-refractivity contribution >= 4 is 11.6 Å². The third kappa shape index (κ3) is 2.06. The van der Waals surface area contributed by atoms with Gasteiger partial charge in [-0.2, -0.15) is 5.26 Å². The lowest BCUT2D eigenvalue weighted by Crippen LogP contribution is -2.18. The van der Waals surface area contributed by atoms with Gasteiger partial charge in [0.25, 0.3) is 0 Å². The lowest BCUT2D eigenvalue weighted by Gasteiger charge is -2.18. The van der Waals surface area contributed by atoms with Crippen molar-refractivity contribution in [2.75, 3.05) is 0 Å². The minimum Gasteiger partial charge on any atom is -0.324 e. The van der Waals surface area contributed by atoms with Gasteiger partial charge >= 0.3 is 0 Å². The number of nitrogens with two attached hydrogens (primary N) is 1. The molecule has 0 spiro atoms. The summed E-state index contributed by atoms with van der Waals surface area (Å²) in [6.07, 6.45) is 0. The van der Waals surface area contributed by atoms with Crippen LogP contribution in [0.4, 0.5) is 0 Å². The van der Waals surface area contributed by atoms with E-state index >= 15 is 0 Å². The van der Waals surface area contributed by atoms with Gasteiger partial charge in [-0.1, -0.05) is 31.5 Å². The Kier molecular flexibility index (Phi) is 3.51. The minimum atomic E-state index is -0.182. The standard InChI is InChI=1S/C11H13ClN2/c1-7(2)11(14)10-8(6-13)4-3-5-9(10)12/h3-5,7,11H,14H2,1-2H3/t11-/m1/s1. The largest absolute Gasteiger partial charge is 0.324 e. The fourth-order valence-electron chi connectivity index (χ4n) is 1.31. The second kappa shape index (κ2) is 4.45. The van der Waals surface area contributed by atoms with Gasteiger partial charge in [0.2, 0.25) is 0 Å². The van der Waals surface area contributed by atoms with Crippen molar-refractivity contribution in [3.8, 4) is 6.07 Å². The van der Waals surface area contributed by atoms with Gasteiger partial charge in [0.1, 0.15) is 0 Å². The molecule has 1 rings (SSSR count). The van der Waals surface area contributed by atoms with E-state index < -0.39 is 0 Å². The lowest BCUT2D eigenvalue weighted by molar-refractivity contribution is 0.513. The van der Waals surface area contributed by atoms with Gasteiger partial charge in [0.15, 0.2) is 0 Å². The molecule has 0 radical (unpaired) electrons. The Morgan fingerprint density at radius 2 is 2.07 bits per heavy atom. The summed E-state index contributed by atoms with van der Waals surface area (Å²) in [5.74, 6) is 0.266. The summed E-state index contributed by atoms with van der Waals surface area (Å²) in [5, 5.41) is 9.48. The highest BCUT2D eigenvalue weighted by atomic mass is 35.5. The van der Waals surface area contributed by atoms with Crippen molar-refractivity contribution in [1.82, 2.24) is 0 Å². The van der Waals surface area contributed by atoms with Crippen LogP contribution in [0, 0.1) is 17.2 Å². The second-order valence-corrected chi connectivity index (χ2v) is 3.99. The first kappa shape index (κ1) is 11.0. The Hall–Kier alpha value is -1.04. The summed E-state index contributed by atoms with van der Waals surface area (Å²) in [7, 11) is 0. The molecule has 0 saturated carbocycles. The number of hydrogen-bond donors (Lipinski definition) is 1. The van der Waals surface area contributed by atoms with Gasteiger partial charge in [-0.3, -0.25) is 0 Å². The van der Waals surface area contributed by atoms with Gasteiger partial charge in [-0.15, -0.1) is 0 Å². The number of hydrogen-bond acceptors (Lipinski definition) is 2. The van der Waals surface area contributed by atoms with E-state index in [-0.39, 0.29) is 12.0 Å². The van der Waals surface area contributed by atoms with E-state index in [2.05, 4.69) is 6.07 Å². The maximum Gasteiger partial charge on any atom is 0.0995 e. The first-order chi connectivity index (χ1) is 6.57. The Labute approximate surface area is 89.3 Å². The van der Waals surface area contributed by atoms with Crippen LogP contribution in [-0.4, -0.2) is 0 Å². The van der Waals surface area contributed by atoms with E-state index in [4.69, 9.17) is 22.6 Å². The molecule has 2 nitrogen and oxygen atoms in total. The van der Waals surface area contributed by atoms with Crippen LogP contribution in [0.25, 0.3) is 0 Å². The SMILES string of the molecule is CC(C)[C@@H](N)c1c(Cl)cccc1C#N. The molecule has 3 heteroatoms. The normalized spacial score (nSPS) is 12.6. The van der Waals surface area contributed by atoms with Crippen LogP contribution >= 0.6 is 11.6 Å². The number of halogens is 1. The van der Waals surface area contributed by atoms with E-state index in [0.717, 1.165) is 5.56 Å². The smallest absolute Gasteiger partial charge is 0.0995 e. The Morgan fingerprint density at radius 1 is 1.43 bits per heavy atom. The third-order valence-corrected chi connectivity index (χ3v) is 2.55. The predicted molar refractivity (Wildman–Crippen MR) is 57.9 cm³/mol. The van der Waals surface area contributed by atoms with Crippen molar-refractivity contribution < 1.29 is 0 Å². The molecule has 0 heterocycles. The van der Waals surface area contributed by atoms with E-state index in [1.165, 1.54) is 0 Å². The molecule has 0 aliphatic rings. The second-order valence-electron chi connectivity index (χ2n) is 3.58. The van der Waals surface area contributed by atoms with Crippen molar-refractivity contribution in [3.63, 3.8) is 0 Å². The van der Waals surface area contributed by atoms with Crippen LogP contribution in [0.1, 0.15) is 31.0 Å². The summed E-state index contributed by atoms with van der Waals surface area (Å²) in [6, 6.07) is 7.19. The molecular formula is C11H13ClN2. The maximum atomic E-state index is 8.91. The first-order valence-corrected chi connectivity index (χ1v) is 4.89. The molecule has 2 N–H and O–H groups in total. The Bertz CT molecular complexity index is 366. The molecule has 0 amide bonds. The van der Waals surface area contributed by atoms with Gasteiger partial charge in [-0.05, 0) is 18.1 Å². The van der Waals surface area contributed by atoms with Crippen molar-refractivity contribution in [3.05, 3.63) is 34.3 Å². The molecule has 0 saturated heterocycles. The van der Waals surface area contributed by atoms with Gasteiger partial charge in [0, 0.05) is 16.6 Å². The topological polar surface area (TPSA) is 49.8 Å². The molecule has 1 atom stereocenters. The summed E-state index contributed by atoms with van der Waals surface area (Å²) in [4.78, 5) is 0. The summed E-state index contributed by atoms with van der Waals surface area (Å²) >= 11 is 6.02. The molecule has 0 bridgehead atoms. The van der Waals surface area contributed by atoms with E-state index in [1.54, 1.807) is 18.2 Å². The van der Waals surface area contributed by atoms with E-state index in [9.17, 15) is 0 Å². The number of nitriles is 1. The minimum absolute atomic E-state index is 0.182. The van der Waals surface area contributed by atoms with Crippen molar-refractivity contribution in [2.24, 2.45) is 11.7 Å². The fraction of sp³-hybridized carbons (Fsp3) is 0.364. The van der Waals surface area contributed by atoms with Gasteiger partial charge < -0.3 is 5.73 Å². The van der Waals surface area contributed by atoms with Crippen molar-refractivity contribution in [2.45, 2.75) is 19.9 Å². The first-order valence-electron chi connectivity index (χ1n) is 4.52. The van der Waals surface area contributed by atoms with Crippen LogP contribution in [0.15, 0.2) is 18.2 Å². The molecule has 1 aromatic carbocycles. The van der Waals surface area contributed by atoms with Gasteiger partial charge in [0.05, 0.1) is 11.6 Å². The summed E-state index contributed by atoms with van der Waals surface area (Å²) in [5.41, 5.74) is 7.30. The molecule has 1 aromatic rings.